The first kappa shape index (κ1) is 23.1. The van der Waals surface area contributed by atoms with Crippen LogP contribution in [0.5, 0.6) is 0 Å². The van der Waals surface area contributed by atoms with E-state index in [1.165, 1.54) is 6.07 Å². The number of halogens is 2. The Balaban J connectivity index is 1.61. The van der Waals surface area contributed by atoms with Crippen LogP contribution in [0.3, 0.4) is 0 Å². The van der Waals surface area contributed by atoms with Crippen LogP contribution in [0.2, 0.25) is 0 Å². The fraction of sp³-hybridized carbons (Fsp3) is 0.161. The molecule has 2 N–H and O–H groups in total. The summed E-state index contributed by atoms with van der Waals surface area (Å²) in [6, 6.07) is 21.0. The number of dihydropyridines is 1. The van der Waals surface area contributed by atoms with Crippen LogP contribution in [-0.2, 0) is 9.59 Å². The zero-order chi connectivity index (χ0) is 25.7. The molecular weight excluding hydrogens is 470 g/mol. The molecule has 1 amide bonds. The van der Waals surface area contributed by atoms with E-state index in [9.17, 15) is 18.4 Å². The van der Waals surface area contributed by atoms with Crippen molar-refractivity contribution in [2.45, 2.75) is 32.1 Å². The number of Topliss-reactive ketones (excluding diaryl/α,β-unsaturated/α-hetero) is 1. The fourth-order valence-electron chi connectivity index (χ4n) is 5.71. The maximum atomic E-state index is 14.5. The Kier molecular flexibility index (Phi) is 5.60. The number of carbonyl (C=O) groups is 2. The third kappa shape index (κ3) is 3.89. The van der Waals surface area contributed by atoms with E-state index in [0.29, 0.717) is 29.7 Å². The summed E-state index contributed by atoms with van der Waals surface area (Å²) in [4.78, 5) is 27.3. The van der Waals surface area contributed by atoms with Gasteiger partial charge in [0.1, 0.15) is 11.6 Å². The minimum atomic E-state index is -0.865. The largest absolute Gasteiger partial charge is 0.362 e. The summed E-state index contributed by atoms with van der Waals surface area (Å²) in [6.07, 6.45) is 1.85. The molecule has 0 aromatic heterocycles. The molecule has 0 fully saturated rings. The van der Waals surface area contributed by atoms with Gasteiger partial charge in [-0.1, -0.05) is 48.5 Å². The molecule has 0 spiro atoms. The lowest BCUT2D eigenvalue weighted by Crippen LogP contribution is -2.35. The summed E-state index contributed by atoms with van der Waals surface area (Å²) in [5, 5.41) is 9.84. The number of hydrogen-bond donors (Lipinski definition) is 2. The van der Waals surface area contributed by atoms with E-state index in [0.717, 1.165) is 51.4 Å². The highest BCUT2D eigenvalue weighted by Crippen LogP contribution is 2.47. The van der Waals surface area contributed by atoms with Gasteiger partial charge in [0.05, 0.1) is 5.69 Å². The van der Waals surface area contributed by atoms with Gasteiger partial charge in [-0.3, -0.25) is 9.59 Å². The molecule has 1 unspecified atom stereocenters. The van der Waals surface area contributed by atoms with Crippen LogP contribution >= 0.6 is 0 Å². The fourth-order valence-corrected chi connectivity index (χ4v) is 5.71. The van der Waals surface area contributed by atoms with E-state index in [4.69, 9.17) is 0 Å². The number of hydrogen-bond acceptors (Lipinski definition) is 3. The molecule has 6 rings (SSSR count). The summed E-state index contributed by atoms with van der Waals surface area (Å²) >= 11 is 0. The second-order valence-electron chi connectivity index (χ2n) is 9.58. The number of anilines is 1. The Bertz CT molecular complexity index is 1630. The lowest BCUT2D eigenvalue weighted by Gasteiger charge is -2.35. The monoisotopic (exact) mass is 494 g/mol. The third-order valence-electron chi connectivity index (χ3n) is 7.30. The zero-order valence-electron chi connectivity index (χ0n) is 20.2. The number of rotatable bonds is 3. The number of nitrogens with one attached hydrogen (secondary N) is 2. The van der Waals surface area contributed by atoms with E-state index in [1.807, 2.05) is 48.5 Å². The van der Waals surface area contributed by atoms with Crippen molar-refractivity contribution in [3.63, 3.8) is 0 Å². The van der Waals surface area contributed by atoms with Gasteiger partial charge in [-0.2, -0.15) is 0 Å². The first-order valence-electron chi connectivity index (χ1n) is 12.3. The smallest absolute Gasteiger partial charge is 0.254 e. The average Bonchev–Trinajstić information content (AvgIpc) is 2.88. The second-order valence-corrected chi connectivity index (χ2v) is 9.58. The first-order chi connectivity index (χ1) is 17.9. The van der Waals surface area contributed by atoms with Crippen LogP contribution in [0.1, 0.15) is 37.7 Å². The number of amides is 1. The van der Waals surface area contributed by atoms with Crippen molar-refractivity contribution < 1.29 is 18.4 Å². The minimum Gasteiger partial charge on any atom is -0.362 e. The van der Waals surface area contributed by atoms with Crippen LogP contribution < -0.4 is 10.6 Å². The van der Waals surface area contributed by atoms with E-state index >= 15 is 0 Å². The summed E-state index contributed by atoms with van der Waals surface area (Å²) in [5.41, 5.74) is 3.13. The lowest BCUT2D eigenvalue weighted by atomic mass is 9.72. The van der Waals surface area contributed by atoms with E-state index in [1.54, 1.807) is 6.92 Å². The lowest BCUT2D eigenvalue weighted by molar-refractivity contribution is -0.116. The quantitative estimate of drug-likeness (QED) is 0.305. The molecule has 0 saturated heterocycles. The summed E-state index contributed by atoms with van der Waals surface area (Å²) < 4.78 is 28.0. The topological polar surface area (TPSA) is 58.2 Å². The van der Waals surface area contributed by atoms with Gasteiger partial charge in [0, 0.05) is 40.9 Å². The second kappa shape index (κ2) is 8.96. The zero-order valence-corrected chi connectivity index (χ0v) is 20.2. The highest BCUT2D eigenvalue weighted by molar-refractivity contribution is 6.13. The van der Waals surface area contributed by atoms with E-state index in [-0.39, 0.29) is 11.5 Å². The Labute approximate surface area is 212 Å². The highest BCUT2D eigenvalue weighted by atomic mass is 19.1. The molecule has 1 heterocycles. The minimum absolute atomic E-state index is 0.00141. The van der Waals surface area contributed by atoms with Crippen molar-refractivity contribution in [3.8, 4) is 0 Å². The predicted molar refractivity (Wildman–Crippen MR) is 141 cm³/mol. The van der Waals surface area contributed by atoms with Crippen LogP contribution in [0.4, 0.5) is 14.5 Å². The summed E-state index contributed by atoms with van der Waals surface area (Å²) in [5.74, 6) is -2.78. The highest BCUT2D eigenvalue weighted by Gasteiger charge is 2.40. The average molecular weight is 495 g/mol. The van der Waals surface area contributed by atoms with Crippen molar-refractivity contribution in [2.75, 3.05) is 5.32 Å². The van der Waals surface area contributed by atoms with E-state index in [2.05, 4.69) is 16.7 Å². The van der Waals surface area contributed by atoms with Gasteiger partial charge in [0.2, 0.25) is 0 Å². The molecule has 0 saturated carbocycles. The molecule has 0 radical (unpaired) electrons. The van der Waals surface area contributed by atoms with E-state index < -0.39 is 23.5 Å². The van der Waals surface area contributed by atoms with Gasteiger partial charge in [-0.25, -0.2) is 8.78 Å². The van der Waals surface area contributed by atoms with Gasteiger partial charge < -0.3 is 10.6 Å². The molecule has 6 heteroatoms. The Hall–Kier alpha value is -4.32. The molecule has 0 bridgehead atoms. The third-order valence-corrected chi connectivity index (χ3v) is 7.30. The van der Waals surface area contributed by atoms with Crippen molar-refractivity contribution in [2.24, 2.45) is 0 Å². The Morgan fingerprint density at radius 2 is 1.59 bits per heavy atom. The maximum absolute atomic E-state index is 14.5. The molecule has 1 aliphatic heterocycles. The molecule has 37 heavy (non-hydrogen) atoms. The SMILES string of the molecule is CC1=C(C(=O)Nc2ccc(F)cc2F)C(c2c3ccccc3cc3ccccc23)C2=C(CCCC2=O)N1. The molecule has 184 valence electrons. The first-order valence-corrected chi connectivity index (χ1v) is 12.3. The summed E-state index contributed by atoms with van der Waals surface area (Å²) in [6.45, 7) is 1.80. The van der Waals surface area contributed by atoms with Crippen molar-refractivity contribution in [3.05, 3.63) is 113 Å². The van der Waals surface area contributed by atoms with Crippen molar-refractivity contribution in [1.29, 1.82) is 0 Å². The normalized spacial score (nSPS) is 17.7. The molecule has 1 atom stereocenters. The standard InChI is InChI=1S/C31H24F2N2O2/c1-17-27(31(37)35-24-14-13-20(32)16-23(24)33)30(29-25(34-17)11-6-12-26(29)36)28-21-9-4-2-7-18(21)15-19-8-3-5-10-22(19)28/h2-5,7-10,13-16,30,34H,6,11-12H2,1H3,(H,35,37). The predicted octanol–water partition coefficient (Wildman–Crippen LogP) is 6.88. The van der Waals surface area contributed by atoms with Gasteiger partial charge in [0.25, 0.3) is 5.91 Å². The van der Waals surface area contributed by atoms with Crippen molar-refractivity contribution in [1.82, 2.24) is 5.32 Å². The van der Waals surface area contributed by atoms with Crippen LogP contribution in [0, 0.1) is 11.6 Å². The van der Waals surface area contributed by atoms with Crippen LogP contribution in [-0.4, -0.2) is 11.7 Å². The Morgan fingerprint density at radius 1 is 0.919 bits per heavy atom. The Morgan fingerprint density at radius 3 is 2.27 bits per heavy atom. The molecule has 1 aliphatic carbocycles. The van der Waals surface area contributed by atoms with Crippen LogP contribution in [0.15, 0.2) is 95.3 Å². The molecule has 4 aromatic rings. The molecular formula is C31H24F2N2O2. The number of carbonyl (C=O) groups excluding carboxylic acids is 2. The van der Waals surface area contributed by atoms with Crippen molar-refractivity contribution >= 4 is 38.9 Å². The van der Waals surface area contributed by atoms with Gasteiger partial charge in [-0.05, 0) is 65.1 Å². The van der Waals surface area contributed by atoms with Gasteiger partial charge >= 0.3 is 0 Å². The molecule has 4 nitrogen and oxygen atoms in total. The van der Waals surface area contributed by atoms with Gasteiger partial charge in [-0.15, -0.1) is 0 Å². The number of benzene rings is 4. The number of ketones is 1. The molecule has 4 aromatic carbocycles. The summed E-state index contributed by atoms with van der Waals surface area (Å²) in [7, 11) is 0. The van der Waals surface area contributed by atoms with Gasteiger partial charge in [0.15, 0.2) is 5.78 Å². The maximum Gasteiger partial charge on any atom is 0.254 e. The molecule has 2 aliphatic rings. The number of fused-ring (bicyclic) bond motifs is 2. The number of allylic oxidation sites excluding steroid dienone is 3. The van der Waals surface area contributed by atoms with Crippen LogP contribution in [0.25, 0.3) is 21.5 Å².